The first-order valence-corrected chi connectivity index (χ1v) is 5.75. The summed E-state index contributed by atoms with van der Waals surface area (Å²) in [5.41, 5.74) is -0.361. The van der Waals surface area contributed by atoms with Gasteiger partial charge in [-0.2, -0.15) is 0 Å². The zero-order valence-corrected chi connectivity index (χ0v) is 10.9. The minimum absolute atomic E-state index is 0.155. The Bertz CT molecular complexity index is 293. The Morgan fingerprint density at radius 1 is 1.22 bits per heavy atom. The largest absolute Gasteiger partial charge is 0.465 e. The number of carbonyl (C=O) groups is 2. The molecule has 5 N–H and O–H groups in total. The van der Waals surface area contributed by atoms with E-state index >= 15 is 0 Å². The minimum atomic E-state index is -1.14. The quantitative estimate of drug-likeness (QED) is 0.467. The molecule has 7 nitrogen and oxygen atoms in total. The molecule has 0 aliphatic heterocycles. The van der Waals surface area contributed by atoms with Crippen LogP contribution in [-0.4, -0.2) is 46.7 Å². The summed E-state index contributed by atoms with van der Waals surface area (Å²) in [4.78, 5) is 21.0. The van der Waals surface area contributed by atoms with E-state index in [4.69, 9.17) is 10.2 Å². The number of hydrogen-bond donors (Lipinski definition) is 5. The van der Waals surface area contributed by atoms with Gasteiger partial charge in [-0.05, 0) is 18.8 Å². The number of nitrogens with one attached hydrogen (secondary N) is 2. The summed E-state index contributed by atoms with van der Waals surface area (Å²) in [6, 6.07) is -0.392. The van der Waals surface area contributed by atoms with Crippen molar-refractivity contribution >= 4 is 12.2 Å². The van der Waals surface area contributed by atoms with Crippen molar-refractivity contribution in [3.63, 3.8) is 0 Å². The Balaban J connectivity index is 4.40. The monoisotopic (exact) mass is 262 g/mol. The molecular formula is C11H22N2O5. The van der Waals surface area contributed by atoms with Crippen LogP contribution in [0.15, 0.2) is 0 Å². The maximum atomic E-state index is 10.5. The van der Waals surface area contributed by atoms with Crippen molar-refractivity contribution in [3.8, 4) is 0 Å². The lowest BCUT2D eigenvalue weighted by Gasteiger charge is -2.31. The first-order valence-electron chi connectivity index (χ1n) is 5.75. The Morgan fingerprint density at radius 3 is 2.17 bits per heavy atom. The van der Waals surface area contributed by atoms with E-state index in [1.54, 1.807) is 6.92 Å². The van der Waals surface area contributed by atoms with Crippen molar-refractivity contribution in [2.24, 2.45) is 11.3 Å². The molecule has 0 aromatic heterocycles. The summed E-state index contributed by atoms with van der Waals surface area (Å²) < 4.78 is 0. The predicted molar refractivity (Wildman–Crippen MR) is 65.6 cm³/mol. The van der Waals surface area contributed by atoms with Gasteiger partial charge in [0.1, 0.15) is 0 Å². The van der Waals surface area contributed by atoms with Crippen LogP contribution in [0.2, 0.25) is 0 Å². The average molecular weight is 262 g/mol. The third kappa shape index (κ3) is 6.95. The lowest BCUT2D eigenvalue weighted by Crippen LogP contribution is -2.42. The van der Waals surface area contributed by atoms with E-state index < -0.39 is 18.2 Å². The Labute approximate surface area is 106 Å². The lowest BCUT2D eigenvalue weighted by molar-refractivity contribution is 0.132. The zero-order valence-electron chi connectivity index (χ0n) is 10.9. The molecular weight excluding hydrogens is 240 g/mol. The molecule has 0 radical (unpaired) electrons. The Morgan fingerprint density at radius 2 is 1.78 bits per heavy atom. The Kier molecular flexibility index (Phi) is 6.46. The van der Waals surface area contributed by atoms with Gasteiger partial charge >= 0.3 is 12.2 Å². The predicted octanol–water partition coefficient (Wildman–Crippen LogP) is 0.935. The highest BCUT2D eigenvalue weighted by molar-refractivity contribution is 5.65. The summed E-state index contributed by atoms with van der Waals surface area (Å²) in [5, 5.41) is 31.0. The van der Waals surface area contributed by atoms with Crippen molar-refractivity contribution < 1.29 is 24.9 Å². The van der Waals surface area contributed by atoms with Gasteiger partial charge in [0.25, 0.3) is 0 Å². The van der Waals surface area contributed by atoms with Crippen molar-refractivity contribution in [1.82, 2.24) is 10.6 Å². The number of aliphatic hydroxyl groups is 1. The van der Waals surface area contributed by atoms with Crippen molar-refractivity contribution in [2.75, 3.05) is 13.2 Å². The molecule has 0 saturated heterocycles. The van der Waals surface area contributed by atoms with E-state index in [-0.39, 0.29) is 24.5 Å². The van der Waals surface area contributed by atoms with E-state index in [1.165, 1.54) is 0 Å². The van der Waals surface area contributed by atoms with Crippen molar-refractivity contribution in [3.05, 3.63) is 0 Å². The van der Waals surface area contributed by atoms with Crippen LogP contribution in [0, 0.1) is 11.3 Å². The van der Waals surface area contributed by atoms with Gasteiger partial charge < -0.3 is 26.0 Å². The van der Waals surface area contributed by atoms with Crippen LogP contribution in [0.25, 0.3) is 0 Å². The van der Waals surface area contributed by atoms with Gasteiger partial charge in [0.05, 0.1) is 0 Å². The number of amides is 2. The normalized spacial score (nSPS) is 14.7. The van der Waals surface area contributed by atoms with Gasteiger partial charge in [-0.1, -0.05) is 13.8 Å². The second-order valence-electron chi connectivity index (χ2n) is 5.21. The number of hydrogen-bond acceptors (Lipinski definition) is 3. The molecule has 2 amide bonds. The van der Waals surface area contributed by atoms with Crippen LogP contribution in [0.4, 0.5) is 9.59 Å². The SMILES string of the molecule is C[C@@H](NC(=O)O)C(CO)CC(C)(C)CNC(=O)O. The standard InChI is InChI=1S/C11H22N2O5/c1-7(13-10(17)18)8(5-14)4-11(2,3)6-12-9(15)16/h7-8,12-14H,4-6H2,1-3H3,(H,15,16)(H,17,18)/t7-,8?/m1/s1. The first kappa shape index (κ1) is 16.5. The van der Waals surface area contributed by atoms with E-state index in [0.717, 1.165) is 0 Å². The molecule has 7 heteroatoms. The first-order chi connectivity index (χ1) is 8.18. The maximum Gasteiger partial charge on any atom is 0.404 e. The van der Waals surface area contributed by atoms with Gasteiger partial charge in [-0.3, -0.25) is 0 Å². The average Bonchev–Trinajstić information content (AvgIpc) is 2.22. The van der Waals surface area contributed by atoms with E-state index in [9.17, 15) is 14.7 Å². The van der Waals surface area contributed by atoms with Gasteiger partial charge in [-0.15, -0.1) is 0 Å². The molecule has 2 atom stereocenters. The number of carboxylic acid groups (broad SMARTS) is 2. The van der Waals surface area contributed by atoms with E-state index in [1.807, 2.05) is 13.8 Å². The molecule has 0 spiro atoms. The molecule has 0 bridgehead atoms. The highest BCUT2D eigenvalue weighted by Crippen LogP contribution is 2.26. The van der Waals surface area contributed by atoms with Crippen LogP contribution < -0.4 is 10.6 Å². The molecule has 0 heterocycles. The summed E-state index contributed by atoms with van der Waals surface area (Å²) in [5.74, 6) is -0.258. The summed E-state index contributed by atoms with van der Waals surface area (Å²) in [7, 11) is 0. The third-order valence-corrected chi connectivity index (χ3v) is 2.83. The molecule has 0 aromatic carbocycles. The molecule has 0 aliphatic carbocycles. The molecule has 1 unspecified atom stereocenters. The van der Waals surface area contributed by atoms with Crippen LogP contribution in [0.1, 0.15) is 27.2 Å². The molecule has 18 heavy (non-hydrogen) atoms. The summed E-state index contributed by atoms with van der Waals surface area (Å²) in [6.45, 7) is 5.49. The maximum absolute atomic E-state index is 10.5. The second-order valence-corrected chi connectivity index (χ2v) is 5.21. The number of rotatable bonds is 7. The van der Waals surface area contributed by atoms with Gasteiger partial charge in [0, 0.05) is 25.1 Å². The lowest BCUT2D eigenvalue weighted by atomic mass is 9.80. The molecule has 0 saturated carbocycles. The zero-order chi connectivity index (χ0) is 14.3. The van der Waals surface area contributed by atoms with Crippen LogP contribution in [-0.2, 0) is 0 Å². The van der Waals surface area contributed by atoms with Gasteiger partial charge in [0.2, 0.25) is 0 Å². The van der Waals surface area contributed by atoms with Crippen LogP contribution >= 0.6 is 0 Å². The molecule has 0 aromatic rings. The highest BCUT2D eigenvalue weighted by atomic mass is 16.4. The highest BCUT2D eigenvalue weighted by Gasteiger charge is 2.27. The fourth-order valence-corrected chi connectivity index (χ4v) is 1.81. The fourth-order valence-electron chi connectivity index (χ4n) is 1.81. The minimum Gasteiger partial charge on any atom is -0.465 e. The third-order valence-electron chi connectivity index (χ3n) is 2.83. The van der Waals surface area contributed by atoms with Crippen molar-refractivity contribution in [2.45, 2.75) is 33.2 Å². The topological polar surface area (TPSA) is 119 Å². The number of aliphatic hydroxyl groups excluding tert-OH is 1. The van der Waals surface area contributed by atoms with E-state index in [0.29, 0.717) is 6.42 Å². The molecule has 0 aliphatic rings. The van der Waals surface area contributed by atoms with Crippen molar-refractivity contribution in [1.29, 1.82) is 0 Å². The second kappa shape index (κ2) is 7.05. The van der Waals surface area contributed by atoms with Gasteiger partial charge in [-0.25, -0.2) is 9.59 Å². The van der Waals surface area contributed by atoms with Crippen LogP contribution in [0.3, 0.4) is 0 Å². The summed E-state index contributed by atoms with van der Waals surface area (Å²) in [6.07, 6.45) is -1.73. The van der Waals surface area contributed by atoms with Gasteiger partial charge in [0.15, 0.2) is 0 Å². The Hall–Kier alpha value is -1.50. The van der Waals surface area contributed by atoms with E-state index in [2.05, 4.69) is 10.6 Å². The molecule has 0 rings (SSSR count). The van der Waals surface area contributed by atoms with Crippen LogP contribution in [0.5, 0.6) is 0 Å². The smallest absolute Gasteiger partial charge is 0.404 e. The summed E-state index contributed by atoms with van der Waals surface area (Å²) >= 11 is 0. The molecule has 106 valence electrons. The fraction of sp³-hybridized carbons (Fsp3) is 0.818. The molecule has 0 fully saturated rings.